The number of carbonyl (C=O) groups is 1. The van der Waals surface area contributed by atoms with Gasteiger partial charge in [-0.15, -0.1) is 11.8 Å². The second kappa shape index (κ2) is 4.75. The summed E-state index contributed by atoms with van der Waals surface area (Å²) < 4.78 is 0. The standard InChI is InChI=1S/C9H16O2S/c1-7-3-2-4-8(5-7)12-6-9(10)11/h7-8H,2-6H2,1H3,(H,10,11). The van der Waals surface area contributed by atoms with Gasteiger partial charge in [-0.05, 0) is 18.8 Å². The van der Waals surface area contributed by atoms with Crippen LogP contribution in [-0.2, 0) is 4.79 Å². The molecule has 0 bridgehead atoms. The van der Waals surface area contributed by atoms with Gasteiger partial charge in [0.1, 0.15) is 0 Å². The molecule has 0 saturated heterocycles. The molecule has 1 rings (SSSR count). The Morgan fingerprint density at radius 1 is 1.58 bits per heavy atom. The Morgan fingerprint density at radius 3 is 2.92 bits per heavy atom. The fourth-order valence-corrected chi connectivity index (χ4v) is 2.90. The highest BCUT2D eigenvalue weighted by Gasteiger charge is 2.19. The van der Waals surface area contributed by atoms with Gasteiger partial charge < -0.3 is 5.11 Å². The Bertz CT molecular complexity index is 159. The first-order valence-corrected chi connectivity index (χ1v) is 5.56. The van der Waals surface area contributed by atoms with Crippen molar-refractivity contribution in [2.24, 2.45) is 5.92 Å². The minimum absolute atomic E-state index is 0.275. The SMILES string of the molecule is CC1CCCC(SCC(=O)O)C1. The summed E-state index contributed by atoms with van der Waals surface area (Å²) in [7, 11) is 0. The molecule has 2 unspecified atom stereocenters. The lowest BCUT2D eigenvalue weighted by Gasteiger charge is -2.25. The van der Waals surface area contributed by atoms with Crippen molar-refractivity contribution >= 4 is 17.7 Å². The Kier molecular flexibility index (Phi) is 3.92. The van der Waals surface area contributed by atoms with E-state index in [2.05, 4.69) is 6.92 Å². The van der Waals surface area contributed by atoms with Gasteiger partial charge in [-0.3, -0.25) is 4.79 Å². The lowest BCUT2D eigenvalue weighted by Crippen LogP contribution is -2.16. The van der Waals surface area contributed by atoms with Gasteiger partial charge in [0.2, 0.25) is 0 Å². The number of rotatable bonds is 3. The first-order valence-electron chi connectivity index (χ1n) is 4.52. The highest BCUT2D eigenvalue weighted by molar-refractivity contribution is 8.00. The van der Waals surface area contributed by atoms with Crippen molar-refractivity contribution in [3.8, 4) is 0 Å². The van der Waals surface area contributed by atoms with Crippen LogP contribution in [0.5, 0.6) is 0 Å². The van der Waals surface area contributed by atoms with E-state index in [0.29, 0.717) is 5.25 Å². The average molecular weight is 188 g/mol. The predicted octanol–water partition coefficient (Wildman–Crippen LogP) is 2.38. The fourth-order valence-electron chi connectivity index (χ4n) is 1.72. The third kappa shape index (κ3) is 3.48. The Labute approximate surface area is 77.7 Å². The second-order valence-corrected chi connectivity index (χ2v) is 4.89. The molecule has 0 aromatic carbocycles. The zero-order chi connectivity index (χ0) is 8.97. The largest absolute Gasteiger partial charge is 0.481 e. The number of aliphatic carboxylic acids is 1. The van der Waals surface area contributed by atoms with E-state index < -0.39 is 5.97 Å². The smallest absolute Gasteiger partial charge is 0.313 e. The third-order valence-corrected chi connectivity index (χ3v) is 3.64. The quantitative estimate of drug-likeness (QED) is 0.739. The van der Waals surface area contributed by atoms with E-state index in [9.17, 15) is 4.79 Å². The molecule has 0 amide bonds. The predicted molar refractivity (Wildman–Crippen MR) is 51.5 cm³/mol. The van der Waals surface area contributed by atoms with Crippen LogP contribution in [0.3, 0.4) is 0 Å². The lowest BCUT2D eigenvalue weighted by atomic mass is 9.91. The van der Waals surface area contributed by atoms with Gasteiger partial charge in [-0.2, -0.15) is 0 Å². The second-order valence-electron chi connectivity index (χ2n) is 3.60. The van der Waals surface area contributed by atoms with Crippen LogP contribution in [0.2, 0.25) is 0 Å². The minimum atomic E-state index is -0.682. The fraction of sp³-hybridized carbons (Fsp3) is 0.889. The van der Waals surface area contributed by atoms with E-state index in [1.807, 2.05) is 0 Å². The molecule has 2 atom stereocenters. The maximum atomic E-state index is 10.3. The van der Waals surface area contributed by atoms with Crippen molar-refractivity contribution in [1.82, 2.24) is 0 Å². The summed E-state index contributed by atoms with van der Waals surface area (Å²) in [5.41, 5.74) is 0. The van der Waals surface area contributed by atoms with Crippen LogP contribution in [0.15, 0.2) is 0 Å². The number of carboxylic acid groups (broad SMARTS) is 1. The first-order chi connectivity index (χ1) is 5.68. The molecule has 2 nitrogen and oxygen atoms in total. The van der Waals surface area contributed by atoms with Crippen LogP contribution in [-0.4, -0.2) is 22.1 Å². The molecule has 1 fully saturated rings. The molecule has 3 heteroatoms. The molecule has 1 aliphatic carbocycles. The Morgan fingerprint density at radius 2 is 2.33 bits per heavy atom. The van der Waals surface area contributed by atoms with Crippen LogP contribution < -0.4 is 0 Å². The van der Waals surface area contributed by atoms with Crippen LogP contribution in [0.1, 0.15) is 32.6 Å². The van der Waals surface area contributed by atoms with E-state index in [4.69, 9.17) is 5.11 Å². The lowest BCUT2D eigenvalue weighted by molar-refractivity contribution is -0.133. The molecule has 1 aliphatic rings. The summed E-state index contributed by atoms with van der Waals surface area (Å²) >= 11 is 1.61. The molecule has 1 saturated carbocycles. The summed E-state index contributed by atoms with van der Waals surface area (Å²) in [5.74, 6) is 0.389. The molecule has 0 spiro atoms. The molecule has 0 aromatic heterocycles. The van der Waals surface area contributed by atoms with Crippen molar-refractivity contribution in [2.45, 2.75) is 37.9 Å². The van der Waals surface area contributed by atoms with E-state index in [-0.39, 0.29) is 5.75 Å². The number of thioether (sulfide) groups is 1. The minimum Gasteiger partial charge on any atom is -0.481 e. The van der Waals surface area contributed by atoms with Crippen molar-refractivity contribution < 1.29 is 9.90 Å². The summed E-state index contributed by atoms with van der Waals surface area (Å²) in [4.78, 5) is 10.3. The highest BCUT2D eigenvalue weighted by atomic mass is 32.2. The van der Waals surface area contributed by atoms with Crippen molar-refractivity contribution in [3.05, 3.63) is 0 Å². The van der Waals surface area contributed by atoms with E-state index in [1.54, 1.807) is 11.8 Å². The molecule has 0 aliphatic heterocycles. The summed E-state index contributed by atoms with van der Waals surface area (Å²) in [6, 6.07) is 0. The Hall–Kier alpha value is -0.180. The molecule has 70 valence electrons. The molecule has 0 radical (unpaired) electrons. The van der Waals surface area contributed by atoms with Crippen molar-refractivity contribution in [3.63, 3.8) is 0 Å². The summed E-state index contributed by atoms with van der Waals surface area (Å²) in [5, 5.41) is 9.09. The van der Waals surface area contributed by atoms with Crippen LogP contribution >= 0.6 is 11.8 Å². The molecular weight excluding hydrogens is 172 g/mol. The third-order valence-electron chi connectivity index (χ3n) is 2.33. The van der Waals surface area contributed by atoms with Crippen LogP contribution in [0.4, 0.5) is 0 Å². The normalized spacial score (nSPS) is 30.1. The van der Waals surface area contributed by atoms with Gasteiger partial charge in [0.15, 0.2) is 0 Å². The van der Waals surface area contributed by atoms with Gasteiger partial charge in [0.25, 0.3) is 0 Å². The zero-order valence-corrected chi connectivity index (χ0v) is 8.27. The molecular formula is C9H16O2S. The molecule has 1 N–H and O–H groups in total. The number of carboxylic acids is 1. The van der Waals surface area contributed by atoms with Crippen molar-refractivity contribution in [2.75, 3.05) is 5.75 Å². The summed E-state index contributed by atoms with van der Waals surface area (Å²) in [6.45, 7) is 2.26. The summed E-state index contributed by atoms with van der Waals surface area (Å²) in [6.07, 6.45) is 5.02. The highest BCUT2D eigenvalue weighted by Crippen LogP contribution is 2.31. The zero-order valence-electron chi connectivity index (χ0n) is 7.45. The van der Waals surface area contributed by atoms with Gasteiger partial charge in [-0.1, -0.05) is 19.8 Å². The maximum absolute atomic E-state index is 10.3. The topological polar surface area (TPSA) is 37.3 Å². The van der Waals surface area contributed by atoms with Gasteiger partial charge in [0, 0.05) is 5.25 Å². The van der Waals surface area contributed by atoms with Gasteiger partial charge in [-0.25, -0.2) is 0 Å². The van der Waals surface area contributed by atoms with Crippen molar-refractivity contribution in [1.29, 1.82) is 0 Å². The molecule has 12 heavy (non-hydrogen) atoms. The van der Waals surface area contributed by atoms with Crippen LogP contribution in [0, 0.1) is 5.92 Å². The monoisotopic (exact) mass is 188 g/mol. The molecule has 0 aromatic rings. The van der Waals surface area contributed by atoms with Crippen LogP contribution in [0.25, 0.3) is 0 Å². The van der Waals surface area contributed by atoms with E-state index in [0.717, 1.165) is 5.92 Å². The van der Waals surface area contributed by atoms with E-state index in [1.165, 1.54) is 25.7 Å². The van der Waals surface area contributed by atoms with Gasteiger partial charge >= 0.3 is 5.97 Å². The molecule has 0 heterocycles. The number of hydrogen-bond donors (Lipinski definition) is 1. The Balaban J connectivity index is 2.18. The van der Waals surface area contributed by atoms with E-state index >= 15 is 0 Å². The average Bonchev–Trinajstić information content (AvgIpc) is 2.01. The maximum Gasteiger partial charge on any atom is 0.313 e. The van der Waals surface area contributed by atoms with Gasteiger partial charge in [0.05, 0.1) is 5.75 Å². The first kappa shape index (κ1) is 9.90. The number of hydrogen-bond acceptors (Lipinski definition) is 2.